The molecular formula is C22H28O7. The maximum absolute atomic E-state index is 12.7. The number of esters is 3. The Morgan fingerprint density at radius 2 is 1.93 bits per heavy atom. The first-order valence-corrected chi connectivity index (χ1v) is 9.82. The Bertz CT molecular complexity index is 808. The molecule has 3 aliphatic rings. The van der Waals surface area contributed by atoms with Crippen LogP contribution in [-0.2, 0) is 33.3 Å². The number of fused-ring (bicyclic) bond motifs is 1. The van der Waals surface area contributed by atoms with E-state index in [2.05, 4.69) is 6.58 Å². The van der Waals surface area contributed by atoms with Crippen molar-refractivity contribution in [3.05, 3.63) is 35.5 Å². The summed E-state index contributed by atoms with van der Waals surface area (Å²) in [6.07, 6.45) is 2.69. The number of epoxide rings is 1. The summed E-state index contributed by atoms with van der Waals surface area (Å²) in [7, 11) is 0. The predicted octanol–water partition coefficient (Wildman–Crippen LogP) is 2.79. The maximum atomic E-state index is 12.7. The third-order valence-corrected chi connectivity index (χ3v) is 5.91. The first-order chi connectivity index (χ1) is 13.5. The van der Waals surface area contributed by atoms with Crippen molar-refractivity contribution in [1.82, 2.24) is 0 Å². The normalized spacial score (nSPS) is 40.5. The van der Waals surface area contributed by atoms with Crippen LogP contribution in [0.2, 0.25) is 0 Å². The van der Waals surface area contributed by atoms with Gasteiger partial charge in [-0.05, 0) is 39.3 Å². The molecule has 7 heteroatoms. The lowest BCUT2D eigenvalue weighted by atomic mass is 9.85. The number of ether oxygens (including phenoxy) is 4. The molecule has 0 bridgehead atoms. The molecule has 3 rings (SSSR count). The molecular weight excluding hydrogens is 376 g/mol. The third kappa shape index (κ3) is 4.29. The predicted molar refractivity (Wildman–Crippen MR) is 104 cm³/mol. The quantitative estimate of drug-likeness (QED) is 0.235. The van der Waals surface area contributed by atoms with E-state index in [0.29, 0.717) is 12.8 Å². The fourth-order valence-electron chi connectivity index (χ4n) is 3.83. The minimum Gasteiger partial charge on any atom is -0.459 e. The fourth-order valence-corrected chi connectivity index (χ4v) is 3.83. The Morgan fingerprint density at radius 3 is 2.52 bits per heavy atom. The van der Waals surface area contributed by atoms with Crippen LogP contribution >= 0.6 is 0 Å². The molecule has 0 aromatic carbocycles. The van der Waals surface area contributed by atoms with E-state index < -0.39 is 41.8 Å². The van der Waals surface area contributed by atoms with Crippen LogP contribution in [-0.4, -0.2) is 47.9 Å². The second-order valence-corrected chi connectivity index (χ2v) is 8.23. The molecule has 2 saturated heterocycles. The molecule has 29 heavy (non-hydrogen) atoms. The average Bonchev–Trinajstić information content (AvgIpc) is 3.15. The number of hydrogen-bond donors (Lipinski definition) is 0. The molecule has 2 heterocycles. The van der Waals surface area contributed by atoms with Gasteiger partial charge in [0.1, 0.15) is 18.3 Å². The van der Waals surface area contributed by atoms with E-state index in [1.165, 1.54) is 6.92 Å². The van der Waals surface area contributed by atoms with Gasteiger partial charge < -0.3 is 18.9 Å². The molecule has 0 saturated carbocycles. The van der Waals surface area contributed by atoms with Crippen LogP contribution in [0.15, 0.2) is 35.5 Å². The molecule has 0 aromatic rings. The van der Waals surface area contributed by atoms with Gasteiger partial charge >= 0.3 is 17.9 Å². The Kier molecular flexibility index (Phi) is 5.72. The van der Waals surface area contributed by atoms with Crippen molar-refractivity contribution >= 4 is 17.9 Å². The summed E-state index contributed by atoms with van der Waals surface area (Å²) < 4.78 is 22.2. The van der Waals surface area contributed by atoms with Crippen molar-refractivity contribution in [2.24, 2.45) is 5.92 Å². The summed E-state index contributed by atoms with van der Waals surface area (Å²) in [5, 5.41) is 0. The highest BCUT2D eigenvalue weighted by molar-refractivity contribution is 5.91. The van der Waals surface area contributed by atoms with E-state index in [9.17, 15) is 14.4 Å². The van der Waals surface area contributed by atoms with E-state index in [1.54, 1.807) is 13.0 Å². The highest BCUT2D eigenvalue weighted by Gasteiger charge is 2.58. The zero-order valence-corrected chi connectivity index (χ0v) is 17.5. The zero-order valence-electron chi connectivity index (χ0n) is 17.5. The molecule has 6 atom stereocenters. The van der Waals surface area contributed by atoms with Gasteiger partial charge in [-0.3, -0.25) is 4.79 Å². The van der Waals surface area contributed by atoms with E-state index >= 15 is 0 Å². The second-order valence-electron chi connectivity index (χ2n) is 8.23. The van der Waals surface area contributed by atoms with E-state index in [4.69, 9.17) is 18.9 Å². The topological polar surface area (TPSA) is 91.4 Å². The number of carbonyl (C=O) groups is 3. The van der Waals surface area contributed by atoms with Crippen molar-refractivity contribution < 1.29 is 33.3 Å². The highest BCUT2D eigenvalue weighted by atomic mass is 16.7. The van der Waals surface area contributed by atoms with Crippen LogP contribution in [0.3, 0.4) is 0 Å². The molecule has 0 spiro atoms. The van der Waals surface area contributed by atoms with Gasteiger partial charge in [-0.25, -0.2) is 9.59 Å². The van der Waals surface area contributed by atoms with Crippen LogP contribution in [0.4, 0.5) is 0 Å². The summed E-state index contributed by atoms with van der Waals surface area (Å²) in [4.78, 5) is 36.4. The minimum atomic E-state index is -0.959. The molecule has 2 fully saturated rings. The summed E-state index contributed by atoms with van der Waals surface area (Å²) in [5.41, 5.74) is 1.03. The van der Waals surface area contributed by atoms with E-state index in [1.807, 2.05) is 26.8 Å². The van der Waals surface area contributed by atoms with E-state index in [-0.39, 0.29) is 17.6 Å². The van der Waals surface area contributed by atoms with Crippen molar-refractivity contribution in [2.45, 2.75) is 77.5 Å². The monoisotopic (exact) mass is 404 g/mol. The molecule has 0 N–H and O–H groups in total. The van der Waals surface area contributed by atoms with Gasteiger partial charge in [0.15, 0.2) is 5.60 Å². The molecule has 2 aliphatic heterocycles. The highest BCUT2D eigenvalue weighted by Crippen LogP contribution is 2.40. The maximum Gasteiger partial charge on any atom is 0.341 e. The Morgan fingerprint density at radius 1 is 1.28 bits per heavy atom. The van der Waals surface area contributed by atoms with Gasteiger partial charge in [-0.1, -0.05) is 18.2 Å². The number of rotatable bonds is 3. The van der Waals surface area contributed by atoms with E-state index in [0.717, 1.165) is 11.1 Å². The molecule has 0 amide bonds. The first kappa shape index (κ1) is 21.3. The van der Waals surface area contributed by atoms with Gasteiger partial charge in [0, 0.05) is 25.3 Å². The van der Waals surface area contributed by atoms with Crippen molar-refractivity contribution in [2.75, 3.05) is 0 Å². The number of carbonyl (C=O) groups excluding carboxylic acids is 3. The van der Waals surface area contributed by atoms with Crippen LogP contribution in [0.5, 0.6) is 0 Å². The molecule has 1 aliphatic carbocycles. The van der Waals surface area contributed by atoms with Crippen molar-refractivity contribution in [3.8, 4) is 0 Å². The second kappa shape index (κ2) is 7.78. The van der Waals surface area contributed by atoms with Gasteiger partial charge in [-0.2, -0.15) is 0 Å². The first-order valence-electron chi connectivity index (χ1n) is 9.82. The average molecular weight is 404 g/mol. The lowest BCUT2D eigenvalue weighted by Gasteiger charge is -2.29. The standard InChI is InChI=1S/C22H28O7/c1-11-7-8-16(26-15(5)23)12(2)10-18-19(13(3)20(24)27-18)17(9-11)28-21(25)22(6)14(4)29-22/h7,10,14,16-19H,3,8-9H2,1-2,4-6H3/b11-7+,12-10+/t14?,16-,17+,18-,19+,22?/m0/s1. The van der Waals surface area contributed by atoms with Crippen LogP contribution in [0.25, 0.3) is 0 Å². The summed E-state index contributed by atoms with van der Waals surface area (Å²) in [6, 6.07) is 0. The largest absolute Gasteiger partial charge is 0.459 e. The molecule has 0 aromatic heterocycles. The zero-order chi connectivity index (χ0) is 21.5. The van der Waals surface area contributed by atoms with Crippen molar-refractivity contribution in [1.29, 1.82) is 0 Å². The molecule has 158 valence electrons. The summed E-state index contributed by atoms with van der Waals surface area (Å²) >= 11 is 0. The lowest BCUT2D eigenvalue weighted by molar-refractivity contribution is -0.158. The van der Waals surface area contributed by atoms with Crippen LogP contribution in [0, 0.1) is 5.92 Å². The minimum absolute atomic E-state index is 0.210. The molecule has 0 radical (unpaired) electrons. The Labute approximate surface area is 170 Å². The SMILES string of the molecule is C=C1C(=O)O[C@H]2/C=C(\C)[C@@H](OC(C)=O)C/C=C(\C)C[C@@H](OC(=O)C3(C)OC3C)[C@@H]12. The molecule has 2 unspecified atom stereocenters. The fraction of sp³-hybridized carbons (Fsp3) is 0.591. The Hall–Kier alpha value is -2.41. The third-order valence-electron chi connectivity index (χ3n) is 5.91. The van der Waals surface area contributed by atoms with Gasteiger partial charge in [0.05, 0.1) is 12.0 Å². The molecule has 7 nitrogen and oxygen atoms in total. The van der Waals surface area contributed by atoms with Gasteiger partial charge in [0.2, 0.25) is 0 Å². The van der Waals surface area contributed by atoms with Gasteiger partial charge in [-0.15, -0.1) is 0 Å². The summed E-state index contributed by atoms with van der Waals surface area (Å²) in [5.74, 6) is -1.88. The van der Waals surface area contributed by atoms with Crippen LogP contribution < -0.4 is 0 Å². The Balaban J connectivity index is 1.93. The van der Waals surface area contributed by atoms with Crippen molar-refractivity contribution in [3.63, 3.8) is 0 Å². The van der Waals surface area contributed by atoms with Crippen LogP contribution in [0.1, 0.15) is 47.5 Å². The van der Waals surface area contributed by atoms with Gasteiger partial charge in [0.25, 0.3) is 0 Å². The number of hydrogen-bond acceptors (Lipinski definition) is 7. The smallest absolute Gasteiger partial charge is 0.341 e. The lowest BCUT2D eigenvalue weighted by Crippen LogP contribution is -2.38. The summed E-state index contributed by atoms with van der Waals surface area (Å²) in [6.45, 7) is 12.5.